The van der Waals surface area contributed by atoms with Crippen LogP contribution >= 0.6 is 0 Å². The van der Waals surface area contributed by atoms with Crippen LogP contribution in [0.2, 0.25) is 0 Å². The summed E-state index contributed by atoms with van der Waals surface area (Å²) in [6, 6.07) is 14.0. The molecule has 0 fully saturated rings. The third-order valence-electron chi connectivity index (χ3n) is 2.89. The Morgan fingerprint density at radius 3 is 1.65 bits per heavy atom. The number of hydrogen-bond acceptors (Lipinski definition) is 3. The molecule has 0 aliphatic carbocycles. The summed E-state index contributed by atoms with van der Waals surface area (Å²) >= 11 is 0. The molecule has 120 valence electrons. The fraction of sp³-hybridized carbons (Fsp3) is 0.250. The maximum absolute atomic E-state index is 4.17. The van der Waals surface area contributed by atoms with Gasteiger partial charge in [-0.15, -0.1) is 0 Å². The van der Waals surface area contributed by atoms with Crippen LogP contribution in [0.1, 0.15) is 28.2 Å². The molecular formula is C20H25N3. The van der Waals surface area contributed by atoms with Crippen molar-refractivity contribution in [2.24, 2.45) is 0 Å². The standard InChI is InChI=1S/2C7H9N.C6H7N/c1-6-3-4-8-7(2)5-6;1-6-4-3-5-7(2)8-6;1-6-3-2-4-7-5-6/h2*3-5H,1-2H3;2-5H,1H3. The molecule has 0 amide bonds. The van der Waals surface area contributed by atoms with Crippen molar-refractivity contribution in [1.82, 2.24) is 15.0 Å². The van der Waals surface area contributed by atoms with E-state index in [1.165, 1.54) is 11.1 Å². The molecule has 0 saturated heterocycles. The predicted molar refractivity (Wildman–Crippen MR) is 96.4 cm³/mol. The average Bonchev–Trinajstić information content (AvgIpc) is 2.49. The lowest BCUT2D eigenvalue weighted by Crippen LogP contribution is -1.81. The Morgan fingerprint density at radius 2 is 1.35 bits per heavy atom. The zero-order chi connectivity index (χ0) is 17.1. The van der Waals surface area contributed by atoms with E-state index in [-0.39, 0.29) is 0 Å². The van der Waals surface area contributed by atoms with Gasteiger partial charge in [0.1, 0.15) is 0 Å². The average molecular weight is 307 g/mol. The molecule has 3 aromatic rings. The Bertz CT molecular complexity index is 616. The normalized spacial score (nSPS) is 9.09. The van der Waals surface area contributed by atoms with Crippen molar-refractivity contribution >= 4 is 0 Å². The van der Waals surface area contributed by atoms with Gasteiger partial charge >= 0.3 is 0 Å². The highest BCUT2D eigenvalue weighted by molar-refractivity contribution is 5.12. The van der Waals surface area contributed by atoms with E-state index in [1.807, 2.05) is 76.5 Å². The minimum absolute atomic E-state index is 1.09. The molecular weight excluding hydrogens is 282 g/mol. The van der Waals surface area contributed by atoms with E-state index in [2.05, 4.69) is 27.9 Å². The lowest BCUT2D eigenvalue weighted by atomic mass is 10.3. The van der Waals surface area contributed by atoms with Crippen molar-refractivity contribution in [3.63, 3.8) is 0 Å². The van der Waals surface area contributed by atoms with E-state index >= 15 is 0 Å². The fourth-order valence-electron chi connectivity index (χ4n) is 1.81. The third-order valence-corrected chi connectivity index (χ3v) is 2.89. The molecule has 0 radical (unpaired) electrons. The van der Waals surface area contributed by atoms with Crippen molar-refractivity contribution in [1.29, 1.82) is 0 Å². The van der Waals surface area contributed by atoms with Gasteiger partial charge in [0.2, 0.25) is 0 Å². The summed E-state index contributed by atoms with van der Waals surface area (Å²) in [6.07, 6.45) is 5.43. The Morgan fingerprint density at radius 1 is 0.652 bits per heavy atom. The van der Waals surface area contributed by atoms with Gasteiger partial charge in [0.05, 0.1) is 0 Å². The molecule has 23 heavy (non-hydrogen) atoms. The minimum Gasteiger partial charge on any atom is -0.264 e. The molecule has 3 heterocycles. The molecule has 0 aromatic carbocycles. The summed E-state index contributed by atoms with van der Waals surface area (Å²) in [5.41, 5.74) is 5.75. The summed E-state index contributed by atoms with van der Waals surface area (Å²) in [7, 11) is 0. The van der Waals surface area contributed by atoms with Crippen LogP contribution in [-0.4, -0.2) is 15.0 Å². The number of aromatic nitrogens is 3. The van der Waals surface area contributed by atoms with Crippen LogP contribution in [0, 0.1) is 34.6 Å². The van der Waals surface area contributed by atoms with Crippen LogP contribution in [-0.2, 0) is 0 Å². The molecule has 3 nitrogen and oxygen atoms in total. The van der Waals surface area contributed by atoms with Gasteiger partial charge in [-0.1, -0.05) is 12.1 Å². The van der Waals surface area contributed by atoms with Gasteiger partial charge in [-0.2, -0.15) is 0 Å². The van der Waals surface area contributed by atoms with Crippen molar-refractivity contribution in [3.05, 3.63) is 89.3 Å². The molecule has 0 aliphatic heterocycles. The first-order valence-corrected chi connectivity index (χ1v) is 7.63. The van der Waals surface area contributed by atoms with Gasteiger partial charge in [-0.3, -0.25) is 15.0 Å². The molecule has 0 spiro atoms. The maximum Gasteiger partial charge on any atom is 0.0375 e. The Hall–Kier alpha value is -2.55. The van der Waals surface area contributed by atoms with Crippen LogP contribution in [0.5, 0.6) is 0 Å². The zero-order valence-corrected chi connectivity index (χ0v) is 14.6. The quantitative estimate of drug-likeness (QED) is 0.599. The molecule has 3 heteroatoms. The van der Waals surface area contributed by atoms with Crippen LogP contribution in [0.25, 0.3) is 0 Å². The molecule has 0 aliphatic rings. The van der Waals surface area contributed by atoms with Gasteiger partial charge in [0, 0.05) is 35.7 Å². The van der Waals surface area contributed by atoms with Crippen molar-refractivity contribution in [3.8, 4) is 0 Å². The highest BCUT2D eigenvalue weighted by Crippen LogP contribution is 1.96. The first-order valence-electron chi connectivity index (χ1n) is 7.63. The van der Waals surface area contributed by atoms with Crippen LogP contribution in [0.15, 0.2) is 61.1 Å². The molecule has 3 rings (SSSR count). The van der Waals surface area contributed by atoms with Gasteiger partial charge < -0.3 is 0 Å². The third kappa shape index (κ3) is 9.14. The summed E-state index contributed by atoms with van der Waals surface area (Å²) in [5.74, 6) is 0. The molecule has 3 aromatic heterocycles. The predicted octanol–water partition coefficient (Wildman–Crippen LogP) is 4.79. The van der Waals surface area contributed by atoms with E-state index in [0.717, 1.165) is 17.1 Å². The monoisotopic (exact) mass is 307 g/mol. The highest BCUT2D eigenvalue weighted by Gasteiger charge is 1.82. The van der Waals surface area contributed by atoms with Crippen molar-refractivity contribution < 1.29 is 0 Å². The number of pyridine rings is 3. The first kappa shape index (κ1) is 18.5. The zero-order valence-electron chi connectivity index (χ0n) is 14.6. The Labute approximate surface area is 139 Å². The summed E-state index contributed by atoms with van der Waals surface area (Å²) in [4.78, 5) is 12.1. The smallest absolute Gasteiger partial charge is 0.0375 e. The van der Waals surface area contributed by atoms with Crippen molar-refractivity contribution in [2.75, 3.05) is 0 Å². The van der Waals surface area contributed by atoms with Gasteiger partial charge in [-0.05, 0) is 76.1 Å². The molecule has 0 atom stereocenters. The second-order valence-corrected chi connectivity index (χ2v) is 5.43. The van der Waals surface area contributed by atoms with E-state index in [9.17, 15) is 0 Å². The number of rotatable bonds is 0. The van der Waals surface area contributed by atoms with E-state index in [4.69, 9.17) is 0 Å². The van der Waals surface area contributed by atoms with Crippen LogP contribution < -0.4 is 0 Å². The van der Waals surface area contributed by atoms with E-state index in [0.29, 0.717) is 0 Å². The molecule has 0 saturated carbocycles. The van der Waals surface area contributed by atoms with Crippen LogP contribution in [0.3, 0.4) is 0 Å². The Balaban J connectivity index is 0.000000173. The van der Waals surface area contributed by atoms with Crippen molar-refractivity contribution in [2.45, 2.75) is 34.6 Å². The van der Waals surface area contributed by atoms with E-state index in [1.54, 1.807) is 6.20 Å². The lowest BCUT2D eigenvalue weighted by Gasteiger charge is -1.90. The number of nitrogens with zero attached hydrogens (tertiary/aromatic N) is 3. The van der Waals surface area contributed by atoms with E-state index < -0.39 is 0 Å². The highest BCUT2D eigenvalue weighted by atomic mass is 14.7. The second kappa shape index (κ2) is 10.2. The van der Waals surface area contributed by atoms with Gasteiger partial charge in [0.25, 0.3) is 0 Å². The largest absolute Gasteiger partial charge is 0.264 e. The fourth-order valence-corrected chi connectivity index (χ4v) is 1.81. The number of aryl methyl sites for hydroxylation is 5. The summed E-state index contributed by atoms with van der Waals surface area (Å²) in [5, 5.41) is 0. The second-order valence-electron chi connectivity index (χ2n) is 5.43. The van der Waals surface area contributed by atoms with Gasteiger partial charge in [-0.25, -0.2) is 0 Å². The molecule has 0 N–H and O–H groups in total. The topological polar surface area (TPSA) is 38.7 Å². The first-order chi connectivity index (χ1) is 11.0. The SMILES string of the molecule is Cc1cccc(C)n1.Cc1cccnc1.Cc1ccnc(C)c1. The summed E-state index contributed by atoms with van der Waals surface area (Å²) in [6.45, 7) is 10.1. The number of hydrogen-bond donors (Lipinski definition) is 0. The van der Waals surface area contributed by atoms with Crippen LogP contribution in [0.4, 0.5) is 0 Å². The molecule has 0 bridgehead atoms. The molecule has 0 unspecified atom stereocenters. The summed E-state index contributed by atoms with van der Waals surface area (Å²) < 4.78 is 0. The Kier molecular flexibility index (Phi) is 8.22. The lowest BCUT2D eigenvalue weighted by molar-refractivity contribution is 1.12. The minimum atomic E-state index is 1.09. The maximum atomic E-state index is 4.17. The van der Waals surface area contributed by atoms with Gasteiger partial charge in [0.15, 0.2) is 0 Å².